The van der Waals surface area contributed by atoms with Gasteiger partial charge in [0.25, 0.3) is 0 Å². The minimum Gasteiger partial charge on any atom is -0.366 e. The third-order valence-electron chi connectivity index (χ3n) is 1.36. The van der Waals surface area contributed by atoms with Crippen molar-refractivity contribution in [2.45, 2.75) is 13.3 Å². The Morgan fingerprint density at radius 3 is 2.80 bits per heavy atom. The van der Waals surface area contributed by atoms with Gasteiger partial charge in [-0.05, 0) is 22.4 Å². The van der Waals surface area contributed by atoms with Crippen LogP contribution in [-0.2, 0) is 6.42 Å². The van der Waals surface area contributed by atoms with E-state index in [9.17, 15) is 4.79 Å². The lowest BCUT2D eigenvalue weighted by atomic mass is 10.2. The molecule has 0 aliphatic carbocycles. The maximum absolute atomic E-state index is 11.1. The Balaban J connectivity index is 3.28. The highest BCUT2D eigenvalue weighted by Gasteiger charge is 1.98. The first-order valence-electron chi connectivity index (χ1n) is 3.11. The van der Waals surface area contributed by atoms with E-state index in [0.29, 0.717) is 4.47 Å². The Hall–Kier alpha value is -0.570. The van der Waals surface area contributed by atoms with Crippen molar-refractivity contribution in [3.8, 4) is 0 Å². The van der Waals surface area contributed by atoms with Crippen molar-refractivity contribution >= 4 is 15.9 Å². The Kier molecular flexibility index (Phi) is 2.27. The third kappa shape index (κ3) is 1.29. The molecule has 0 fully saturated rings. The number of aryl methyl sites for hydroxylation is 1. The predicted molar refractivity (Wildman–Crippen MR) is 44.1 cm³/mol. The molecule has 1 rings (SSSR count). The molecule has 0 atom stereocenters. The zero-order chi connectivity index (χ0) is 7.56. The summed E-state index contributed by atoms with van der Waals surface area (Å²) in [6, 6.07) is 0. The number of aromatic amines is 1. The molecule has 1 aromatic rings. The van der Waals surface area contributed by atoms with E-state index in [1.165, 1.54) is 0 Å². The smallest absolute Gasteiger partial charge is 0.198 e. The molecule has 10 heavy (non-hydrogen) atoms. The van der Waals surface area contributed by atoms with Crippen LogP contribution in [0.1, 0.15) is 12.5 Å². The highest BCUT2D eigenvalue weighted by molar-refractivity contribution is 9.10. The van der Waals surface area contributed by atoms with E-state index in [2.05, 4.69) is 20.9 Å². The second kappa shape index (κ2) is 3.01. The van der Waals surface area contributed by atoms with Crippen LogP contribution < -0.4 is 5.43 Å². The van der Waals surface area contributed by atoms with Crippen LogP contribution in [0.25, 0.3) is 0 Å². The molecule has 0 saturated carbocycles. The molecular formula is C7H8BrNO. The van der Waals surface area contributed by atoms with E-state index in [-0.39, 0.29) is 5.43 Å². The van der Waals surface area contributed by atoms with Crippen molar-refractivity contribution < 1.29 is 0 Å². The average Bonchev–Trinajstić information content (AvgIpc) is 1.95. The van der Waals surface area contributed by atoms with Gasteiger partial charge in [0.1, 0.15) is 0 Å². The Morgan fingerprint density at radius 1 is 1.60 bits per heavy atom. The van der Waals surface area contributed by atoms with Gasteiger partial charge in [0.2, 0.25) is 0 Å². The fraction of sp³-hybridized carbons (Fsp3) is 0.286. The van der Waals surface area contributed by atoms with E-state index in [1.54, 1.807) is 12.4 Å². The number of nitrogens with one attached hydrogen (secondary N) is 1. The molecule has 1 N–H and O–H groups in total. The van der Waals surface area contributed by atoms with Crippen molar-refractivity contribution in [2.24, 2.45) is 0 Å². The van der Waals surface area contributed by atoms with Gasteiger partial charge in [-0.1, -0.05) is 6.92 Å². The van der Waals surface area contributed by atoms with Crippen LogP contribution in [-0.4, -0.2) is 4.98 Å². The van der Waals surface area contributed by atoms with Crippen LogP contribution in [0.15, 0.2) is 21.7 Å². The van der Waals surface area contributed by atoms with E-state index >= 15 is 0 Å². The Morgan fingerprint density at radius 2 is 2.30 bits per heavy atom. The molecule has 0 radical (unpaired) electrons. The molecule has 0 aliphatic heterocycles. The van der Waals surface area contributed by atoms with Crippen molar-refractivity contribution in [3.63, 3.8) is 0 Å². The topological polar surface area (TPSA) is 32.9 Å². The minimum atomic E-state index is 0.0845. The largest absolute Gasteiger partial charge is 0.366 e. The first-order valence-corrected chi connectivity index (χ1v) is 3.90. The van der Waals surface area contributed by atoms with Gasteiger partial charge >= 0.3 is 0 Å². The molecule has 3 heteroatoms. The summed E-state index contributed by atoms with van der Waals surface area (Å²) >= 11 is 3.14. The number of hydrogen-bond acceptors (Lipinski definition) is 1. The predicted octanol–water partition coefficient (Wildman–Crippen LogP) is 1.70. The second-order valence-electron chi connectivity index (χ2n) is 2.01. The van der Waals surface area contributed by atoms with Gasteiger partial charge in [-0.15, -0.1) is 0 Å². The molecule has 0 bridgehead atoms. The second-order valence-corrected chi connectivity index (χ2v) is 2.87. The van der Waals surface area contributed by atoms with Gasteiger partial charge in [-0.3, -0.25) is 4.79 Å². The van der Waals surface area contributed by atoms with Crippen LogP contribution in [0, 0.1) is 0 Å². The number of pyridine rings is 1. The van der Waals surface area contributed by atoms with E-state index in [4.69, 9.17) is 0 Å². The molecule has 1 aromatic heterocycles. The highest BCUT2D eigenvalue weighted by Crippen LogP contribution is 2.01. The molecular weight excluding hydrogens is 194 g/mol. The van der Waals surface area contributed by atoms with E-state index in [0.717, 1.165) is 12.0 Å². The monoisotopic (exact) mass is 201 g/mol. The first kappa shape index (κ1) is 7.54. The van der Waals surface area contributed by atoms with Gasteiger partial charge in [0.05, 0.1) is 4.47 Å². The summed E-state index contributed by atoms with van der Waals surface area (Å²) in [6.07, 6.45) is 4.14. The molecule has 2 nitrogen and oxygen atoms in total. The van der Waals surface area contributed by atoms with Crippen molar-refractivity contribution in [1.82, 2.24) is 4.98 Å². The summed E-state index contributed by atoms with van der Waals surface area (Å²) in [7, 11) is 0. The van der Waals surface area contributed by atoms with Crippen LogP contribution in [0.5, 0.6) is 0 Å². The SMILES string of the molecule is CCc1c[nH]cc(Br)c1=O. The van der Waals surface area contributed by atoms with Gasteiger partial charge in [-0.2, -0.15) is 0 Å². The summed E-state index contributed by atoms with van der Waals surface area (Å²) in [5.41, 5.74) is 0.899. The number of H-pyrrole nitrogens is 1. The molecule has 0 amide bonds. The molecule has 1 heterocycles. The van der Waals surface area contributed by atoms with Crippen molar-refractivity contribution in [1.29, 1.82) is 0 Å². The first-order chi connectivity index (χ1) is 4.75. The van der Waals surface area contributed by atoms with Crippen LogP contribution >= 0.6 is 15.9 Å². The lowest BCUT2D eigenvalue weighted by molar-refractivity contribution is 1.07. The number of hydrogen-bond donors (Lipinski definition) is 1. The maximum Gasteiger partial charge on any atom is 0.198 e. The van der Waals surface area contributed by atoms with Gasteiger partial charge in [-0.25, -0.2) is 0 Å². The number of aromatic nitrogens is 1. The number of halogens is 1. The molecule has 0 aliphatic rings. The van der Waals surface area contributed by atoms with Gasteiger partial charge < -0.3 is 4.98 Å². The van der Waals surface area contributed by atoms with E-state index in [1.807, 2.05) is 6.92 Å². The van der Waals surface area contributed by atoms with Crippen LogP contribution in [0.4, 0.5) is 0 Å². The lowest BCUT2D eigenvalue weighted by Crippen LogP contribution is -2.08. The molecule has 0 saturated heterocycles. The fourth-order valence-corrected chi connectivity index (χ4v) is 1.15. The maximum atomic E-state index is 11.1. The molecule has 0 aromatic carbocycles. The molecule has 0 unspecified atom stereocenters. The summed E-state index contributed by atoms with van der Waals surface area (Å²) in [5.74, 6) is 0. The van der Waals surface area contributed by atoms with Gasteiger partial charge in [0.15, 0.2) is 5.43 Å². The number of rotatable bonds is 1. The summed E-state index contributed by atoms with van der Waals surface area (Å²) in [5, 5.41) is 0. The van der Waals surface area contributed by atoms with Crippen molar-refractivity contribution in [2.75, 3.05) is 0 Å². The van der Waals surface area contributed by atoms with Crippen molar-refractivity contribution in [3.05, 3.63) is 32.7 Å². The summed E-state index contributed by atoms with van der Waals surface area (Å²) in [6.45, 7) is 1.96. The third-order valence-corrected chi connectivity index (χ3v) is 1.95. The quantitative estimate of drug-likeness (QED) is 0.738. The van der Waals surface area contributed by atoms with Gasteiger partial charge in [0, 0.05) is 18.0 Å². The van der Waals surface area contributed by atoms with Crippen LogP contribution in [0.3, 0.4) is 0 Å². The Bertz CT molecular complexity index is 279. The minimum absolute atomic E-state index is 0.0845. The standard InChI is InChI=1S/C7H8BrNO/c1-2-5-3-9-4-6(8)7(5)10/h3-4H,2H2,1H3,(H,9,10). The van der Waals surface area contributed by atoms with E-state index < -0.39 is 0 Å². The highest BCUT2D eigenvalue weighted by atomic mass is 79.9. The molecule has 0 spiro atoms. The summed E-state index contributed by atoms with van der Waals surface area (Å²) in [4.78, 5) is 14.0. The van der Waals surface area contributed by atoms with Crippen LogP contribution in [0.2, 0.25) is 0 Å². The zero-order valence-electron chi connectivity index (χ0n) is 5.65. The molecule has 54 valence electrons. The zero-order valence-corrected chi connectivity index (χ0v) is 7.23. The Labute approximate surface area is 67.4 Å². The average molecular weight is 202 g/mol. The normalized spacial score (nSPS) is 9.80. The fourth-order valence-electron chi connectivity index (χ4n) is 0.763. The lowest BCUT2D eigenvalue weighted by Gasteiger charge is -1.93. The summed E-state index contributed by atoms with van der Waals surface area (Å²) < 4.78 is 0.604.